The average molecular weight is 292 g/mol. The molecule has 1 amide bonds. The van der Waals surface area contributed by atoms with Gasteiger partial charge in [0.25, 0.3) is 0 Å². The van der Waals surface area contributed by atoms with Crippen molar-refractivity contribution in [2.45, 2.75) is 39.2 Å². The number of alkyl halides is 3. The number of aromatic nitrogens is 2. The van der Waals surface area contributed by atoms with E-state index in [1.165, 1.54) is 0 Å². The minimum atomic E-state index is -4.39. The van der Waals surface area contributed by atoms with E-state index in [9.17, 15) is 18.0 Å². The Morgan fingerprint density at radius 2 is 2.20 bits per heavy atom. The van der Waals surface area contributed by atoms with Crippen LogP contribution in [0.1, 0.15) is 19.4 Å². The summed E-state index contributed by atoms with van der Waals surface area (Å²) in [6.07, 6.45) is -0.868. The monoisotopic (exact) mass is 292 g/mol. The van der Waals surface area contributed by atoms with Gasteiger partial charge in [0.1, 0.15) is 6.54 Å². The van der Waals surface area contributed by atoms with Gasteiger partial charge >= 0.3 is 6.18 Å². The molecule has 1 heterocycles. The van der Waals surface area contributed by atoms with Crippen molar-refractivity contribution in [3.05, 3.63) is 18.0 Å². The van der Waals surface area contributed by atoms with Crippen LogP contribution < -0.4 is 5.32 Å². The lowest BCUT2D eigenvalue weighted by Gasteiger charge is -2.23. The number of amides is 1. The summed E-state index contributed by atoms with van der Waals surface area (Å²) in [5.41, 5.74) is 0.907. The van der Waals surface area contributed by atoms with E-state index < -0.39 is 24.7 Å². The zero-order valence-electron chi connectivity index (χ0n) is 11.7. The van der Waals surface area contributed by atoms with Crippen molar-refractivity contribution < 1.29 is 18.0 Å². The predicted octanol–water partition coefficient (Wildman–Crippen LogP) is 1.40. The molecule has 0 aliphatic carbocycles. The molecule has 0 aliphatic heterocycles. The van der Waals surface area contributed by atoms with Crippen LogP contribution in [-0.2, 0) is 17.9 Å². The van der Waals surface area contributed by atoms with Gasteiger partial charge in [0.05, 0.1) is 12.2 Å². The number of aryl methyl sites for hydroxylation is 1. The maximum Gasteiger partial charge on any atom is 0.405 e. The molecule has 0 spiro atoms. The van der Waals surface area contributed by atoms with Gasteiger partial charge in [-0.2, -0.15) is 18.3 Å². The van der Waals surface area contributed by atoms with Gasteiger partial charge in [0.2, 0.25) is 5.91 Å². The van der Waals surface area contributed by atoms with Gasteiger partial charge in [0, 0.05) is 24.8 Å². The van der Waals surface area contributed by atoms with Crippen LogP contribution in [0.5, 0.6) is 0 Å². The van der Waals surface area contributed by atoms with Crippen molar-refractivity contribution in [3.63, 3.8) is 0 Å². The highest BCUT2D eigenvalue weighted by Gasteiger charge is 2.29. The number of likely N-dealkylation sites (N-methyl/N-ethyl adjacent to an activating group) is 1. The fourth-order valence-electron chi connectivity index (χ4n) is 1.62. The molecule has 0 bridgehead atoms. The first-order valence-electron chi connectivity index (χ1n) is 6.29. The topological polar surface area (TPSA) is 50.2 Å². The fourth-order valence-corrected chi connectivity index (χ4v) is 1.62. The van der Waals surface area contributed by atoms with Crippen LogP contribution in [0.3, 0.4) is 0 Å². The number of nitrogens with one attached hydrogen (secondary N) is 1. The van der Waals surface area contributed by atoms with E-state index in [0.717, 1.165) is 12.1 Å². The number of rotatable bonds is 6. The Morgan fingerprint density at radius 3 is 2.70 bits per heavy atom. The summed E-state index contributed by atoms with van der Waals surface area (Å²) in [5, 5.41) is 5.98. The van der Waals surface area contributed by atoms with E-state index in [4.69, 9.17) is 0 Å². The van der Waals surface area contributed by atoms with Crippen molar-refractivity contribution in [3.8, 4) is 0 Å². The molecule has 8 heteroatoms. The van der Waals surface area contributed by atoms with Gasteiger partial charge in [-0.15, -0.1) is 0 Å². The minimum absolute atomic E-state index is 0.445. The van der Waals surface area contributed by atoms with E-state index in [-0.39, 0.29) is 0 Å². The Balaban J connectivity index is 2.49. The summed E-state index contributed by atoms with van der Waals surface area (Å²) in [6, 6.07) is -0.651. The van der Waals surface area contributed by atoms with Gasteiger partial charge < -0.3 is 5.32 Å². The summed E-state index contributed by atoms with van der Waals surface area (Å²) in [5.74, 6) is -0.646. The quantitative estimate of drug-likeness (QED) is 0.862. The third-order valence-electron chi connectivity index (χ3n) is 2.95. The molecule has 1 atom stereocenters. The first-order valence-corrected chi connectivity index (χ1v) is 6.29. The Kier molecular flexibility index (Phi) is 5.55. The van der Waals surface area contributed by atoms with Gasteiger partial charge in [-0.3, -0.25) is 14.4 Å². The molecule has 0 unspecified atom stereocenters. The fraction of sp³-hybridized carbons (Fsp3) is 0.667. The molecular formula is C12H19F3N4O. The van der Waals surface area contributed by atoms with Gasteiger partial charge in [-0.1, -0.05) is 0 Å². The van der Waals surface area contributed by atoms with Crippen molar-refractivity contribution >= 4 is 5.91 Å². The van der Waals surface area contributed by atoms with Crippen LogP contribution >= 0.6 is 0 Å². The van der Waals surface area contributed by atoms with Crippen molar-refractivity contribution in [2.24, 2.45) is 0 Å². The second-order valence-corrected chi connectivity index (χ2v) is 4.63. The van der Waals surface area contributed by atoms with Crippen molar-refractivity contribution in [2.75, 3.05) is 13.6 Å². The van der Waals surface area contributed by atoms with Gasteiger partial charge in [-0.25, -0.2) is 0 Å². The summed E-state index contributed by atoms with van der Waals surface area (Å²) >= 11 is 0. The molecule has 114 valence electrons. The predicted molar refractivity (Wildman–Crippen MR) is 67.9 cm³/mol. The molecule has 20 heavy (non-hydrogen) atoms. The first kappa shape index (κ1) is 16.5. The van der Waals surface area contributed by atoms with E-state index in [1.807, 2.05) is 18.4 Å². The molecule has 5 nitrogen and oxygen atoms in total. The molecule has 0 fully saturated rings. The third-order valence-corrected chi connectivity index (χ3v) is 2.95. The molecule has 0 saturated carbocycles. The normalized spacial score (nSPS) is 13.6. The van der Waals surface area contributed by atoms with Gasteiger partial charge in [-0.05, 0) is 20.9 Å². The van der Waals surface area contributed by atoms with Crippen LogP contribution in [-0.4, -0.2) is 46.4 Å². The molecule has 1 N–H and O–H groups in total. The Bertz CT molecular complexity index is 444. The van der Waals surface area contributed by atoms with Gasteiger partial charge in [0.15, 0.2) is 0 Å². The summed E-state index contributed by atoms with van der Waals surface area (Å²) in [6.45, 7) is 3.40. The van der Waals surface area contributed by atoms with E-state index in [2.05, 4.69) is 5.10 Å². The standard InChI is InChI=1S/C12H19F3N4O/c1-4-19-7-10(5-17-19)6-18(3)9(2)11(20)16-8-12(13,14)15/h5,7,9H,4,6,8H2,1-3H3,(H,16,20)/t9-/m1/s1. The lowest BCUT2D eigenvalue weighted by Crippen LogP contribution is -2.45. The lowest BCUT2D eigenvalue weighted by atomic mass is 10.2. The number of carbonyl (C=O) groups is 1. The highest BCUT2D eigenvalue weighted by atomic mass is 19.4. The summed E-state index contributed by atoms with van der Waals surface area (Å²) in [7, 11) is 1.68. The highest BCUT2D eigenvalue weighted by Crippen LogP contribution is 2.12. The Morgan fingerprint density at radius 1 is 1.55 bits per heavy atom. The molecule has 1 aromatic heterocycles. The number of hydrogen-bond acceptors (Lipinski definition) is 3. The van der Waals surface area contributed by atoms with Crippen molar-refractivity contribution in [1.29, 1.82) is 0 Å². The molecule has 0 aliphatic rings. The van der Waals surface area contributed by atoms with E-state index >= 15 is 0 Å². The lowest BCUT2D eigenvalue weighted by molar-refractivity contribution is -0.141. The van der Waals surface area contributed by atoms with Crippen LogP contribution in [0.4, 0.5) is 13.2 Å². The SMILES string of the molecule is CCn1cc(CN(C)[C@H](C)C(=O)NCC(F)(F)F)cn1. The molecule has 1 rings (SSSR count). The molecule has 1 aromatic rings. The maximum absolute atomic E-state index is 12.0. The third kappa shape index (κ3) is 5.20. The average Bonchev–Trinajstić information content (AvgIpc) is 2.81. The van der Waals surface area contributed by atoms with Crippen LogP contribution in [0, 0.1) is 0 Å². The second kappa shape index (κ2) is 6.74. The van der Waals surface area contributed by atoms with Crippen LogP contribution in [0.2, 0.25) is 0 Å². The zero-order valence-corrected chi connectivity index (χ0v) is 11.7. The van der Waals surface area contributed by atoms with E-state index in [0.29, 0.717) is 6.54 Å². The smallest absolute Gasteiger partial charge is 0.346 e. The first-order chi connectivity index (χ1) is 9.23. The zero-order chi connectivity index (χ0) is 15.3. The molecule has 0 aromatic carbocycles. The molecular weight excluding hydrogens is 273 g/mol. The van der Waals surface area contributed by atoms with Crippen LogP contribution in [0.25, 0.3) is 0 Å². The Hall–Kier alpha value is -1.57. The second-order valence-electron chi connectivity index (χ2n) is 4.63. The maximum atomic E-state index is 12.0. The molecule has 0 saturated heterocycles. The molecule has 0 radical (unpaired) electrons. The van der Waals surface area contributed by atoms with Crippen LogP contribution in [0.15, 0.2) is 12.4 Å². The largest absolute Gasteiger partial charge is 0.405 e. The van der Waals surface area contributed by atoms with E-state index in [1.54, 1.807) is 29.7 Å². The minimum Gasteiger partial charge on any atom is -0.346 e. The highest BCUT2D eigenvalue weighted by molar-refractivity contribution is 5.81. The number of hydrogen-bond donors (Lipinski definition) is 1. The number of nitrogens with zero attached hydrogens (tertiary/aromatic N) is 3. The summed E-state index contributed by atoms with van der Waals surface area (Å²) < 4.78 is 37.8. The van der Waals surface area contributed by atoms with Crippen molar-refractivity contribution in [1.82, 2.24) is 20.0 Å². The number of carbonyl (C=O) groups excluding carboxylic acids is 1. The summed E-state index contributed by atoms with van der Waals surface area (Å²) in [4.78, 5) is 13.3. The number of halogens is 3. The Labute approximate surface area is 115 Å².